The molecule has 2 N–H and O–H groups in total. The number of rotatable bonds is 6. The summed E-state index contributed by atoms with van der Waals surface area (Å²) in [6.45, 7) is 8.98. The van der Waals surface area contributed by atoms with Gasteiger partial charge in [-0.2, -0.15) is 0 Å². The van der Waals surface area contributed by atoms with Gasteiger partial charge in [0.1, 0.15) is 0 Å². The SMILES string of the molecule is CCNNCC1C(CC)CCC1CC. The molecule has 0 aromatic heterocycles. The first-order chi connectivity index (χ1) is 6.83. The Morgan fingerprint density at radius 3 is 1.93 bits per heavy atom. The summed E-state index contributed by atoms with van der Waals surface area (Å²) in [7, 11) is 0. The van der Waals surface area contributed by atoms with Crippen LogP contribution in [0.1, 0.15) is 46.5 Å². The zero-order valence-corrected chi connectivity index (χ0v) is 9.97. The van der Waals surface area contributed by atoms with Gasteiger partial charge in [0.2, 0.25) is 0 Å². The summed E-state index contributed by atoms with van der Waals surface area (Å²) in [4.78, 5) is 0. The van der Waals surface area contributed by atoms with Crippen molar-refractivity contribution in [1.29, 1.82) is 0 Å². The summed E-state index contributed by atoms with van der Waals surface area (Å²) < 4.78 is 0. The first-order valence-corrected chi connectivity index (χ1v) is 6.29. The second kappa shape index (κ2) is 6.41. The van der Waals surface area contributed by atoms with E-state index < -0.39 is 0 Å². The van der Waals surface area contributed by atoms with Crippen molar-refractivity contribution in [2.45, 2.75) is 46.5 Å². The van der Waals surface area contributed by atoms with E-state index in [0.29, 0.717) is 0 Å². The van der Waals surface area contributed by atoms with E-state index in [0.717, 1.165) is 30.8 Å². The average molecular weight is 198 g/mol. The van der Waals surface area contributed by atoms with Gasteiger partial charge in [-0.3, -0.25) is 10.9 Å². The molecular weight excluding hydrogens is 172 g/mol. The molecule has 1 aliphatic rings. The first-order valence-electron chi connectivity index (χ1n) is 6.29. The summed E-state index contributed by atoms with van der Waals surface area (Å²) in [5.41, 5.74) is 6.57. The van der Waals surface area contributed by atoms with Crippen LogP contribution >= 0.6 is 0 Å². The van der Waals surface area contributed by atoms with E-state index in [4.69, 9.17) is 0 Å². The van der Waals surface area contributed by atoms with Crippen LogP contribution in [0.25, 0.3) is 0 Å². The summed E-state index contributed by atoms with van der Waals surface area (Å²) in [5, 5.41) is 0. The fraction of sp³-hybridized carbons (Fsp3) is 1.00. The number of nitrogens with one attached hydrogen (secondary N) is 2. The molecule has 1 rings (SSSR count). The molecule has 84 valence electrons. The van der Waals surface area contributed by atoms with Gasteiger partial charge in [-0.05, 0) is 30.6 Å². The third-order valence-corrected chi connectivity index (χ3v) is 3.81. The molecule has 2 unspecified atom stereocenters. The highest BCUT2D eigenvalue weighted by atomic mass is 15.3. The van der Waals surface area contributed by atoms with Crippen molar-refractivity contribution in [3.8, 4) is 0 Å². The van der Waals surface area contributed by atoms with Crippen LogP contribution in [0.2, 0.25) is 0 Å². The molecule has 2 heteroatoms. The Balaban J connectivity index is 2.34. The number of hydrazine groups is 1. The van der Waals surface area contributed by atoms with E-state index in [1.54, 1.807) is 0 Å². The maximum atomic E-state index is 3.36. The molecule has 2 nitrogen and oxygen atoms in total. The quantitative estimate of drug-likeness (QED) is 0.506. The van der Waals surface area contributed by atoms with Crippen LogP contribution in [0.3, 0.4) is 0 Å². The van der Waals surface area contributed by atoms with Gasteiger partial charge in [0.05, 0.1) is 0 Å². The highest BCUT2D eigenvalue weighted by Crippen LogP contribution is 2.40. The summed E-state index contributed by atoms with van der Waals surface area (Å²) in [5.74, 6) is 2.83. The predicted molar refractivity (Wildman–Crippen MR) is 62.0 cm³/mol. The maximum Gasteiger partial charge on any atom is 0.0133 e. The van der Waals surface area contributed by atoms with Crippen LogP contribution in [-0.4, -0.2) is 13.1 Å². The van der Waals surface area contributed by atoms with E-state index >= 15 is 0 Å². The van der Waals surface area contributed by atoms with E-state index in [1.807, 2.05) is 0 Å². The van der Waals surface area contributed by atoms with Gasteiger partial charge in [-0.25, -0.2) is 0 Å². The first kappa shape index (κ1) is 12.0. The summed E-state index contributed by atoms with van der Waals surface area (Å²) >= 11 is 0. The van der Waals surface area contributed by atoms with Gasteiger partial charge in [0.15, 0.2) is 0 Å². The summed E-state index contributed by atoms with van der Waals surface area (Å²) in [6.07, 6.45) is 5.62. The highest BCUT2D eigenvalue weighted by molar-refractivity contribution is 4.84. The van der Waals surface area contributed by atoms with Crippen molar-refractivity contribution in [2.24, 2.45) is 17.8 Å². The smallest absolute Gasteiger partial charge is 0.0133 e. The van der Waals surface area contributed by atoms with Crippen molar-refractivity contribution in [2.75, 3.05) is 13.1 Å². The van der Waals surface area contributed by atoms with E-state index in [2.05, 4.69) is 31.6 Å². The molecule has 0 amide bonds. The molecular formula is C12H26N2. The lowest BCUT2D eigenvalue weighted by molar-refractivity contribution is 0.274. The van der Waals surface area contributed by atoms with Crippen molar-refractivity contribution < 1.29 is 0 Å². The van der Waals surface area contributed by atoms with E-state index in [-0.39, 0.29) is 0 Å². The molecule has 1 fully saturated rings. The average Bonchev–Trinajstić information content (AvgIpc) is 2.60. The normalized spacial score (nSPS) is 32.4. The van der Waals surface area contributed by atoms with E-state index in [1.165, 1.54) is 25.7 Å². The third-order valence-electron chi connectivity index (χ3n) is 3.81. The molecule has 1 saturated carbocycles. The van der Waals surface area contributed by atoms with Crippen LogP contribution in [-0.2, 0) is 0 Å². The Morgan fingerprint density at radius 2 is 1.50 bits per heavy atom. The largest absolute Gasteiger partial charge is 0.258 e. The Morgan fingerprint density at radius 1 is 0.929 bits per heavy atom. The van der Waals surface area contributed by atoms with Gasteiger partial charge < -0.3 is 0 Å². The topological polar surface area (TPSA) is 24.1 Å². The molecule has 0 spiro atoms. The molecule has 0 radical (unpaired) electrons. The molecule has 0 aromatic rings. The Kier molecular flexibility index (Phi) is 5.49. The molecule has 0 aromatic carbocycles. The number of hydrogen-bond donors (Lipinski definition) is 2. The Labute approximate surface area is 88.8 Å². The fourth-order valence-corrected chi connectivity index (χ4v) is 2.90. The molecule has 1 aliphatic carbocycles. The molecule has 0 heterocycles. The van der Waals surface area contributed by atoms with Gasteiger partial charge in [0, 0.05) is 13.1 Å². The molecule has 14 heavy (non-hydrogen) atoms. The van der Waals surface area contributed by atoms with Crippen molar-refractivity contribution >= 4 is 0 Å². The van der Waals surface area contributed by atoms with Gasteiger partial charge in [-0.1, -0.05) is 33.6 Å². The van der Waals surface area contributed by atoms with Crippen molar-refractivity contribution in [3.05, 3.63) is 0 Å². The van der Waals surface area contributed by atoms with Crippen LogP contribution in [0, 0.1) is 17.8 Å². The molecule has 2 atom stereocenters. The zero-order valence-electron chi connectivity index (χ0n) is 9.97. The number of hydrogen-bond acceptors (Lipinski definition) is 2. The maximum absolute atomic E-state index is 3.36. The highest BCUT2D eigenvalue weighted by Gasteiger charge is 2.33. The lowest BCUT2D eigenvalue weighted by Gasteiger charge is -2.24. The van der Waals surface area contributed by atoms with Gasteiger partial charge in [0.25, 0.3) is 0 Å². The standard InChI is InChI=1S/C12H26N2/c1-4-10-7-8-11(5-2)12(10)9-14-13-6-3/h10-14H,4-9H2,1-3H3. The van der Waals surface area contributed by atoms with Gasteiger partial charge in [-0.15, -0.1) is 0 Å². The summed E-state index contributed by atoms with van der Waals surface area (Å²) in [6, 6.07) is 0. The minimum Gasteiger partial charge on any atom is -0.258 e. The van der Waals surface area contributed by atoms with Crippen molar-refractivity contribution in [1.82, 2.24) is 10.9 Å². The van der Waals surface area contributed by atoms with E-state index in [9.17, 15) is 0 Å². The van der Waals surface area contributed by atoms with Crippen LogP contribution in [0.4, 0.5) is 0 Å². The fourth-order valence-electron chi connectivity index (χ4n) is 2.90. The van der Waals surface area contributed by atoms with Crippen molar-refractivity contribution in [3.63, 3.8) is 0 Å². The minimum atomic E-state index is 0.907. The van der Waals surface area contributed by atoms with Gasteiger partial charge >= 0.3 is 0 Å². The Bertz CT molecular complexity index is 135. The lowest BCUT2D eigenvalue weighted by Crippen LogP contribution is -2.38. The minimum absolute atomic E-state index is 0.907. The second-order valence-electron chi connectivity index (χ2n) is 4.49. The third kappa shape index (κ3) is 2.96. The molecule has 0 bridgehead atoms. The zero-order chi connectivity index (χ0) is 10.4. The monoisotopic (exact) mass is 198 g/mol. The Hall–Kier alpha value is -0.0800. The predicted octanol–water partition coefficient (Wildman–Crippen LogP) is 2.56. The molecule has 0 aliphatic heterocycles. The molecule has 0 saturated heterocycles. The second-order valence-corrected chi connectivity index (χ2v) is 4.49. The lowest BCUT2D eigenvalue weighted by atomic mass is 9.86. The van der Waals surface area contributed by atoms with Crippen LogP contribution in [0.15, 0.2) is 0 Å². The van der Waals surface area contributed by atoms with Crippen LogP contribution in [0.5, 0.6) is 0 Å². The van der Waals surface area contributed by atoms with Crippen LogP contribution < -0.4 is 10.9 Å².